The number of hydrogen-bond donors (Lipinski definition) is 2. The number of aliphatic imine (C=N–C) groups is 1. The Morgan fingerprint density at radius 1 is 1.28 bits per heavy atom. The maximum Gasteiger partial charge on any atom is 0.191 e. The summed E-state index contributed by atoms with van der Waals surface area (Å²) in [6.07, 6.45) is 7.82. The monoisotopic (exact) mass is 362 g/mol. The van der Waals surface area contributed by atoms with Crippen LogP contribution in [-0.2, 0) is 25.9 Å². The first-order valence-electron chi connectivity index (χ1n) is 9.08. The predicted octanol–water partition coefficient (Wildman–Crippen LogP) is 2.86. The van der Waals surface area contributed by atoms with Gasteiger partial charge in [-0.15, -0.1) is 11.3 Å². The molecular formula is C18H30N6S. The highest BCUT2D eigenvalue weighted by Gasteiger charge is 2.06. The SMILES string of the molecule is CCNC(=NCc1nccn1CC(C)C)NCCc1ncc(CC)s1. The largest absolute Gasteiger partial charge is 0.357 e. The number of hydrogen-bond acceptors (Lipinski definition) is 4. The lowest BCUT2D eigenvalue weighted by molar-refractivity contribution is 0.507. The summed E-state index contributed by atoms with van der Waals surface area (Å²) < 4.78 is 2.18. The van der Waals surface area contributed by atoms with Gasteiger partial charge >= 0.3 is 0 Å². The van der Waals surface area contributed by atoms with Crippen LogP contribution < -0.4 is 10.6 Å². The van der Waals surface area contributed by atoms with Crippen molar-refractivity contribution in [2.24, 2.45) is 10.9 Å². The summed E-state index contributed by atoms with van der Waals surface area (Å²) >= 11 is 1.79. The van der Waals surface area contributed by atoms with E-state index in [1.807, 2.05) is 18.6 Å². The minimum absolute atomic E-state index is 0.576. The Balaban J connectivity index is 1.88. The minimum atomic E-state index is 0.576. The number of guanidine groups is 1. The molecule has 0 amide bonds. The van der Waals surface area contributed by atoms with Crippen molar-refractivity contribution in [3.8, 4) is 0 Å². The van der Waals surface area contributed by atoms with Crippen molar-refractivity contribution in [1.29, 1.82) is 0 Å². The first-order chi connectivity index (χ1) is 12.1. The summed E-state index contributed by atoms with van der Waals surface area (Å²) in [5.74, 6) is 2.42. The molecule has 25 heavy (non-hydrogen) atoms. The molecule has 0 aromatic carbocycles. The third-order valence-corrected chi connectivity index (χ3v) is 4.87. The van der Waals surface area contributed by atoms with Crippen LogP contribution in [0, 0.1) is 5.92 Å². The van der Waals surface area contributed by atoms with Crippen LogP contribution in [0.2, 0.25) is 0 Å². The number of aromatic nitrogens is 3. The predicted molar refractivity (Wildman–Crippen MR) is 105 cm³/mol. The smallest absolute Gasteiger partial charge is 0.191 e. The highest BCUT2D eigenvalue weighted by atomic mass is 32.1. The normalized spacial score (nSPS) is 12.0. The summed E-state index contributed by atoms with van der Waals surface area (Å²) in [5.41, 5.74) is 0. The van der Waals surface area contributed by atoms with Gasteiger partial charge in [-0.25, -0.2) is 15.0 Å². The molecule has 2 N–H and O–H groups in total. The van der Waals surface area contributed by atoms with Gasteiger partial charge in [-0.05, 0) is 19.3 Å². The topological polar surface area (TPSA) is 67.1 Å². The van der Waals surface area contributed by atoms with Crippen LogP contribution in [0.25, 0.3) is 0 Å². The summed E-state index contributed by atoms with van der Waals surface area (Å²) in [6, 6.07) is 0. The zero-order chi connectivity index (χ0) is 18.1. The van der Waals surface area contributed by atoms with E-state index in [4.69, 9.17) is 0 Å². The number of thiazole rings is 1. The summed E-state index contributed by atoms with van der Waals surface area (Å²) in [4.78, 5) is 14.9. The van der Waals surface area contributed by atoms with E-state index in [1.54, 1.807) is 11.3 Å². The fraction of sp³-hybridized carbons (Fsp3) is 0.611. The standard InChI is InChI=1S/C18H30N6S/c1-5-15-11-22-17(25-15)7-8-21-18(19-6-2)23-12-16-20-9-10-24(16)13-14(3)4/h9-11,14H,5-8,12-13H2,1-4H3,(H2,19,21,23). The maximum atomic E-state index is 4.67. The van der Waals surface area contributed by atoms with E-state index >= 15 is 0 Å². The van der Waals surface area contributed by atoms with Crippen molar-refractivity contribution in [2.45, 2.75) is 53.6 Å². The van der Waals surface area contributed by atoms with Gasteiger partial charge in [-0.1, -0.05) is 20.8 Å². The molecule has 0 aliphatic rings. The van der Waals surface area contributed by atoms with Gasteiger partial charge in [0, 0.05) is 49.5 Å². The van der Waals surface area contributed by atoms with Crippen LogP contribution in [0.15, 0.2) is 23.6 Å². The first kappa shape index (κ1) is 19.4. The van der Waals surface area contributed by atoms with Gasteiger partial charge in [0.1, 0.15) is 12.4 Å². The van der Waals surface area contributed by atoms with Crippen LogP contribution >= 0.6 is 11.3 Å². The molecule has 0 aliphatic heterocycles. The van der Waals surface area contributed by atoms with E-state index < -0.39 is 0 Å². The molecule has 0 bridgehead atoms. The average Bonchev–Trinajstić information content (AvgIpc) is 3.21. The molecule has 0 unspecified atom stereocenters. The summed E-state index contributed by atoms with van der Waals surface area (Å²) in [6.45, 7) is 11.9. The van der Waals surface area contributed by atoms with Crippen LogP contribution in [0.1, 0.15) is 43.4 Å². The van der Waals surface area contributed by atoms with Crippen molar-refractivity contribution >= 4 is 17.3 Å². The summed E-state index contributed by atoms with van der Waals surface area (Å²) in [5, 5.41) is 7.85. The van der Waals surface area contributed by atoms with E-state index in [2.05, 4.69) is 57.9 Å². The minimum Gasteiger partial charge on any atom is -0.357 e. The molecule has 0 spiro atoms. The van der Waals surface area contributed by atoms with Gasteiger partial charge in [0.25, 0.3) is 0 Å². The van der Waals surface area contributed by atoms with Crippen molar-refractivity contribution < 1.29 is 0 Å². The second kappa shape index (κ2) is 10.2. The van der Waals surface area contributed by atoms with E-state index in [0.29, 0.717) is 12.5 Å². The van der Waals surface area contributed by atoms with Gasteiger partial charge in [0.15, 0.2) is 5.96 Å². The average molecular weight is 363 g/mol. The highest BCUT2D eigenvalue weighted by molar-refractivity contribution is 7.11. The maximum absolute atomic E-state index is 4.67. The molecule has 0 saturated heterocycles. The fourth-order valence-corrected chi connectivity index (χ4v) is 3.32. The molecule has 2 rings (SSSR count). The van der Waals surface area contributed by atoms with Gasteiger partial charge in [0.2, 0.25) is 0 Å². The van der Waals surface area contributed by atoms with Crippen molar-refractivity contribution in [2.75, 3.05) is 13.1 Å². The second-order valence-electron chi connectivity index (χ2n) is 6.34. The molecule has 2 aromatic rings. The number of imidazole rings is 1. The molecule has 138 valence electrons. The number of rotatable bonds is 9. The summed E-state index contributed by atoms with van der Waals surface area (Å²) in [7, 11) is 0. The molecule has 6 nitrogen and oxygen atoms in total. The van der Waals surface area contributed by atoms with E-state index in [-0.39, 0.29) is 0 Å². The van der Waals surface area contributed by atoms with Gasteiger partial charge in [-0.2, -0.15) is 0 Å². The van der Waals surface area contributed by atoms with Crippen LogP contribution in [0.4, 0.5) is 0 Å². The lowest BCUT2D eigenvalue weighted by Crippen LogP contribution is -2.38. The number of nitrogens with zero attached hydrogens (tertiary/aromatic N) is 4. The Hall–Kier alpha value is -1.89. The zero-order valence-corrected chi connectivity index (χ0v) is 16.6. The Kier molecular flexibility index (Phi) is 7.91. The van der Waals surface area contributed by atoms with Crippen LogP contribution in [-0.4, -0.2) is 33.6 Å². The van der Waals surface area contributed by atoms with Crippen molar-refractivity contribution in [3.05, 3.63) is 34.3 Å². The number of nitrogens with one attached hydrogen (secondary N) is 2. The molecule has 2 heterocycles. The molecule has 0 saturated carbocycles. The third kappa shape index (κ3) is 6.49. The third-order valence-electron chi connectivity index (χ3n) is 3.67. The molecule has 0 radical (unpaired) electrons. The van der Waals surface area contributed by atoms with Crippen molar-refractivity contribution in [1.82, 2.24) is 25.2 Å². The molecule has 0 atom stereocenters. The molecule has 0 fully saturated rings. The van der Waals surface area contributed by atoms with E-state index in [9.17, 15) is 0 Å². The Bertz CT molecular complexity index is 658. The van der Waals surface area contributed by atoms with Gasteiger partial charge in [-0.3, -0.25) is 0 Å². The molecule has 0 aliphatic carbocycles. The van der Waals surface area contributed by atoms with Crippen LogP contribution in [0.3, 0.4) is 0 Å². The van der Waals surface area contributed by atoms with E-state index in [0.717, 1.165) is 44.3 Å². The second-order valence-corrected chi connectivity index (χ2v) is 7.54. The molecule has 7 heteroatoms. The quantitative estimate of drug-likeness (QED) is 0.532. The van der Waals surface area contributed by atoms with Crippen LogP contribution in [0.5, 0.6) is 0 Å². The highest BCUT2D eigenvalue weighted by Crippen LogP contribution is 2.13. The van der Waals surface area contributed by atoms with Gasteiger partial charge in [0.05, 0.1) is 5.01 Å². The number of aryl methyl sites for hydroxylation is 1. The lowest BCUT2D eigenvalue weighted by atomic mass is 10.2. The Labute approximate surface area is 154 Å². The zero-order valence-electron chi connectivity index (χ0n) is 15.7. The van der Waals surface area contributed by atoms with E-state index in [1.165, 1.54) is 9.88 Å². The van der Waals surface area contributed by atoms with Crippen molar-refractivity contribution in [3.63, 3.8) is 0 Å². The molecule has 2 aromatic heterocycles. The molecular weight excluding hydrogens is 332 g/mol. The Morgan fingerprint density at radius 2 is 2.12 bits per heavy atom. The first-order valence-corrected chi connectivity index (χ1v) is 9.89. The van der Waals surface area contributed by atoms with Gasteiger partial charge < -0.3 is 15.2 Å². The Morgan fingerprint density at radius 3 is 2.80 bits per heavy atom. The fourth-order valence-electron chi connectivity index (χ4n) is 2.46. The lowest BCUT2D eigenvalue weighted by Gasteiger charge is -2.12.